The molecule has 0 saturated heterocycles. The number of esters is 4. The minimum Gasteiger partial charge on any atom is -0.463 e. The van der Waals surface area contributed by atoms with Gasteiger partial charge in [0.15, 0.2) is 11.6 Å². The molecule has 0 amide bonds. The first-order valence-electron chi connectivity index (χ1n) is 22.7. The fourth-order valence-electron chi connectivity index (χ4n) is 4.79. The Bertz CT molecular complexity index is 1360. The van der Waals surface area contributed by atoms with Crippen molar-refractivity contribution in [2.45, 2.75) is 70.4 Å². The lowest BCUT2D eigenvalue weighted by molar-refractivity contribution is -0.153. The summed E-state index contributed by atoms with van der Waals surface area (Å²) in [5.41, 5.74) is 0. The van der Waals surface area contributed by atoms with Crippen molar-refractivity contribution in [2.24, 2.45) is 0 Å². The van der Waals surface area contributed by atoms with E-state index in [-0.39, 0.29) is 126 Å². The number of carbonyl (C=O) groups is 6. The molecule has 0 heterocycles. The number of Topliss-reactive ketones (excluding diaryl/α,β-unsaturated/α-hetero) is 2. The molecule has 27 heteroatoms. The van der Waals surface area contributed by atoms with Gasteiger partial charge in [0.1, 0.15) is 77.3 Å². The monoisotopic (exact) mass is 1110 g/mol. The number of hydrogen-bond acceptors (Lipinski definition) is 25. The molecule has 0 aromatic heterocycles. The Labute approximate surface area is 442 Å². The van der Waals surface area contributed by atoms with Crippen LogP contribution in [0.4, 0.5) is 0 Å². The van der Waals surface area contributed by atoms with Crippen molar-refractivity contribution >= 4 is 119 Å². The molecule has 0 aliphatic heterocycles. The quantitative estimate of drug-likeness (QED) is 0.0192. The highest BCUT2D eigenvalue weighted by atomic mass is 32.2. The van der Waals surface area contributed by atoms with Crippen LogP contribution in [0.15, 0.2) is 0 Å². The lowest BCUT2D eigenvalue weighted by Gasteiger charge is -2.18. The Hall–Kier alpha value is -2.28. The zero-order chi connectivity index (χ0) is 52.0. The number of thioether (sulfide) groups is 2. The zero-order valence-corrected chi connectivity index (χ0v) is 45.8. The Kier molecular flexibility index (Phi) is 46.2. The van der Waals surface area contributed by atoms with Gasteiger partial charge in [-0.15, -0.1) is 0 Å². The second kappa shape index (κ2) is 47.7. The van der Waals surface area contributed by atoms with E-state index in [9.17, 15) is 28.8 Å². The van der Waals surface area contributed by atoms with Crippen LogP contribution in [0.25, 0.3) is 0 Å². The predicted octanol–water partition coefficient (Wildman–Crippen LogP) is 1.82. The van der Waals surface area contributed by atoms with Crippen LogP contribution in [0.1, 0.15) is 46.0 Å². The number of ether oxygens (including phenoxy) is 12. The number of methoxy groups -OCH3 is 2. The third-order valence-corrected chi connectivity index (χ3v) is 12.0. The fourth-order valence-corrected chi connectivity index (χ4v) is 7.57. The van der Waals surface area contributed by atoms with Gasteiger partial charge in [-0.05, 0) is 70.6 Å². The molecule has 0 fully saturated rings. The van der Waals surface area contributed by atoms with Gasteiger partial charge < -0.3 is 72.8 Å². The largest absolute Gasteiger partial charge is 0.463 e. The second-order valence-electron chi connectivity index (χ2n) is 14.8. The summed E-state index contributed by atoms with van der Waals surface area (Å²) < 4.78 is 63.6. The van der Waals surface area contributed by atoms with Crippen LogP contribution >= 0.6 is 73.2 Å². The second-order valence-corrected chi connectivity index (χ2v) is 18.6. The highest BCUT2D eigenvalue weighted by Crippen LogP contribution is 2.11. The molecule has 0 aliphatic rings. The normalized spacial score (nSPS) is 12.7. The molecular weight excluding hydrogens is 1040 g/mol. The first-order valence-corrected chi connectivity index (χ1v) is 27.1. The molecule has 406 valence electrons. The lowest BCUT2D eigenvalue weighted by Crippen LogP contribution is -2.34. The van der Waals surface area contributed by atoms with Crippen LogP contribution < -0.4 is 16.0 Å². The van der Waals surface area contributed by atoms with Crippen molar-refractivity contribution in [1.82, 2.24) is 16.0 Å². The van der Waals surface area contributed by atoms with Crippen LogP contribution in [0, 0.1) is 0 Å². The number of thiol groups is 2. The number of rotatable bonds is 47. The van der Waals surface area contributed by atoms with E-state index in [1.165, 1.54) is 51.6 Å². The van der Waals surface area contributed by atoms with Crippen molar-refractivity contribution in [1.29, 1.82) is 0 Å². The molecule has 0 spiro atoms. The molecule has 0 saturated carbocycles. The Morgan fingerprint density at radius 2 is 0.857 bits per heavy atom. The van der Waals surface area contributed by atoms with Gasteiger partial charge >= 0.3 is 23.9 Å². The Balaban J connectivity index is 3.94. The molecule has 3 N–H and O–H groups in total. The number of nitrogens with one attached hydrogen (secondary N) is 3. The van der Waals surface area contributed by atoms with Gasteiger partial charge in [0.2, 0.25) is 0 Å². The van der Waals surface area contributed by atoms with Gasteiger partial charge in [0.25, 0.3) is 10.3 Å². The van der Waals surface area contributed by atoms with Crippen LogP contribution in [-0.4, -0.2) is 224 Å². The average Bonchev–Trinajstić information content (AvgIpc) is 3.33. The first kappa shape index (κ1) is 67.7. The fraction of sp³-hybridized carbons (Fsp3) is 0.814. The summed E-state index contributed by atoms with van der Waals surface area (Å²) in [6.07, 6.45) is 1.11. The van der Waals surface area contributed by atoms with E-state index in [4.69, 9.17) is 81.3 Å². The van der Waals surface area contributed by atoms with Crippen LogP contribution in [0.5, 0.6) is 0 Å². The van der Waals surface area contributed by atoms with Crippen molar-refractivity contribution in [3.63, 3.8) is 0 Å². The first-order chi connectivity index (χ1) is 33.7. The lowest BCUT2D eigenvalue weighted by atomic mass is 10.3. The minimum absolute atomic E-state index is 0.00000788. The molecule has 4 atom stereocenters. The Morgan fingerprint density at radius 3 is 1.26 bits per heavy atom. The summed E-state index contributed by atoms with van der Waals surface area (Å²) in [4.78, 5) is 70.0. The topological polar surface area (TPSA) is 249 Å². The van der Waals surface area contributed by atoms with Crippen LogP contribution in [0.3, 0.4) is 0 Å². The van der Waals surface area contributed by atoms with E-state index in [0.717, 1.165) is 32.4 Å². The van der Waals surface area contributed by atoms with E-state index < -0.39 is 36.1 Å². The maximum absolute atomic E-state index is 12.3. The van der Waals surface area contributed by atoms with E-state index in [0.29, 0.717) is 47.6 Å². The van der Waals surface area contributed by atoms with Crippen molar-refractivity contribution in [3.05, 3.63) is 0 Å². The maximum Gasteiger partial charge on any atom is 0.332 e. The molecular formula is C43H75N3O18S6. The summed E-state index contributed by atoms with van der Waals surface area (Å²) in [5.74, 6) is 0.473. The number of hydrogen-bond donors (Lipinski definition) is 5. The van der Waals surface area contributed by atoms with E-state index in [1.807, 2.05) is 0 Å². The van der Waals surface area contributed by atoms with Gasteiger partial charge in [0, 0.05) is 61.8 Å². The maximum atomic E-state index is 12.3. The number of ketones is 2. The summed E-state index contributed by atoms with van der Waals surface area (Å²) >= 11 is 22.1. The molecule has 0 aromatic rings. The predicted molar refractivity (Wildman–Crippen MR) is 279 cm³/mol. The summed E-state index contributed by atoms with van der Waals surface area (Å²) in [6, 6.07) is 0. The minimum atomic E-state index is -0.546. The van der Waals surface area contributed by atoms with E-state index in [2.05, 4.69) is 41.2 Å². The summed E-state index contributed by atoms with van der Waals surface area (Å²) in [5, 5.41) is 9.89. The van der Waals surface area contributed by atoms with Gasteiger partial charge in [-0.25, -0.2) is 9.59 Å². The summed E-state index contributed by atoms with van der Waals surface area (Å²) in [7, 11) is 3.02. The highest BCUT2D eigenvalue weighted by Gasteiger charge is 2.18. The van der Waals surface area contributed by atoms with Crippen molar-refractivity contribution in [2.75, 3.05) is 154 Å². The number of thiocarbonyl (C=S) groups is 2. The molecule has 0 aliphatic carbocycles. The van der Waals surface area contributed by atoms with Gasteiger partial charge in [-0.1, -0.05) is 0 Å². The molecule has 21 nitrogen and oxygen atoms in total. The van der Waals surface area contributed by atoms with Gasteiger partial charge in [0.05, 0.1) is 39.3 Å². The van der Waals surface area contributed by atoms with Gasteiger partial charge in [-0.3, -0.25) is 19.2 Å². The van der Waals surface area contributed by atoms with E-state index in [1.54, 1.807) is 0 Å². The molecule has 0 rings (SSSR count). The highest BCUT2D eigenvalue weighted by molar-refractivity contribution is 7.99. The molecule has 0 radical (unpaired) electrons. The van der Waals surface area contributed by atoms with Crippen LogP contribution in [0.2, 0.25) is 0 Å². The van der Waals surface area contributed by atoms with E-state index >= 15 is 0 Å². The Morgan fingerprint density at radius 1 is 0.500 bits per heavy atom. The molecule has 70 heavy (non-hydrogen) atoms. The van der Waals surface area contributed by atoms with Crippen molar-refractivity contribution in [3.8, 4) is 0 Å². The smallest absolute Gasteiger partial charge is 0.332 e. The SMILES string of the molecule is COC(COC(=O)COCCOCC(C)=O)CSCCC(=O)OCC(CS)OC(=S)NCCCCNCCCNC(=S)OC(CS)COC(=O)CCSCC(COC(=O)COCCOCC(C)=O)OC. The van der Waals surface area contributed by atoms with Crippen LogP contribution in [-0.2, 0) is 85.6 Å². The van der Waals surface area contributed by atoms with Crippen molar-refractivity contribution < 1.29 is 85.6 Å². The van der Waals surface area contributed by atoms with Gasteiger partial charge in [-0.2, -0.15) is 48.8 Å². The standard InChI is InChI=1S/C43H75N3O18S6/c1-32(47)20-55-14-16-57-26-40(51)61-24-36(53-3)30-69-18-8-38(49)59-22-34(28-65)63-42(67)45-12-6-5-10-44-11-7-13-46-43(68)64-35(29-66)23-60-39(50)9-19-70-31-37(54-4)25-62-41(52)27-58-17-15-56-21-33(2)48/h34-37,44,65-66H,5-31H2,1-4H3,(H,45,67)(H,46,68). The number of unbranched alkanes of at least 4 members (excludes halogenated alkanes) is 1. The summed E-state index contributed by atoms with van der Waals surface area (Å²) in [6.45, 7) is 5.88. The third kappa shape index (κ3) is 44.4. The average molecular weight is 1110 g/mol. The molecule has 0 aromatic carbocycles. The number of carbonyl (C=O) groups excluding carboxylic acids is 6. The molecule has 0 bridgehead atoms. The molecule has 4 unspecified atom stereocenters. The zero-order valence-electron chi connectivity index (χ0n) is 40.8. The third-order valence-electron chi connectivity index (χ3n) is 8.49.